The SMILES string of the molecule is CCC1CCCC(Nc2cccc(COC)c2)C1. The summed E-state index contributed by atoms with van der Waals surface area (Å²) in [6.45, 7) is 3.00. The molecule has 0 amide bonds. The molecule has 1 aromatic carbocycles. The first-order valence-electron chi connectivity index (χ1n) is 7.16. The monoisotopic (exact) mass is 247 g/mol. The number of rotatable bonds is 5. The predicted octanol–water partition coefficient (Wildman–Crippen LogP) is 4.21. The fourth-order valence-electron chi connectivity index (χ4n) is 2.95. The minimum Gasteiger partial charge on any atom is -0.382 e. The summed E-state index contributed by atoms with van der Waals surface area (Å²) in [5, 5.41) is 3.69. The Morgan fingerprint density at radius 1 is 1.33 bits per heavy atom. The van der Waals surface area contributed by atoms with Gasteiger partial charge in [0, 0.05) is 18.8 Å². The molecule has 1 fully saturated rings. The van der Waals surface area contributed by atoms with E-state index >= 15 is 0 Å². The van der Waals surface area contributed by atoms with Gasteiger partial charge in [-0.1, -0.05) is 38.3 Å². The summed E-state index contributed by atoms with van der Waals surface area (Å²) in [6, 6.07) is 9.25. The van der Waals surface area contributed by atoms with Crippen molar-refractivity contribution in [3.63, 3.8) is 0 Å². The van der Waals surface area contributed by atoms with E-state index in [2.05, 4.69) is 36.5 Å². The topological polar surface area (TPSA) is 21.3 Å². The van der Waals surface area contributed by atoms with E-state index in [0.717, 1.165) is 5.92 Å². The van der Waals surface area contributed by atoms with Gasteiger partial charge in [0.15, 0.2) is 0 Å². The van der Waals surface area contributed by atoms with Crippen molar-refractivity contribution in [2.75, 3.05) is 12.4 Å². The number of hydrogen-bond acceptors (Lipinski definition) is 2. The molecule has 0 bridgehead atoms. The van der Waals surface area contributed by atoms with Crippen LogP contribution in [-0.2, 0) is 11.3 Å². The Hall–Kier alpha value is -1.02. The minimum absolute atomic E-state index is 0.654. The minimum atomic E-state index is 0.654. The van der Waals surface area contributed by atoms with Crippen LogP contribution in [0.2, 0.25) is 0 Å². The highest BCUT2D eigenvalue weighted by atomic mass is 16.5. The highest BCUT2D eigenvalue weighted by Gasteiger charge is 2.20. The van der Waals surface area contributed by atoms with Crippen molar-refractivity contribution in [1.82, 2.24) is 0 Å². The predicted molar refractivity (Wildman–Crippen MR) is 76.8 cm³/mol. The van der Waals surface area contributed by atoms with Crippen LogP contribution in [0.3, 0.4) is 0 Å². The fourth-order valence-corrected chi connectivity index (χ4v) is 2.95. The van der Waals surface area contributed by atoms with E-state index in [1.54, 1.807) is 7.11 Å². The Morgan fingerprint density at radius 2 is 2.22 bits per heavy atom. The second-order valence-corrected chi connectivity index (χ2v) is 5.42. The molecule has 0 aliphatic heterocycles. The molecule has 1 N–H and O–H groups in total. The molecule has 2 unspecified atom stereocenters. The fraction of sp³-hybridized carbons (Fsp3) is 0.625. The summed E-state index contributed by atoms with van der Waals surface area (Å²) in [4.78, 5) is 0. The molecule has 18 heavy (non-hydrogen) atoms. The molecule has 2 rings (SSSR count). The van der Waals surface area contributed by atoms with Crippen molar-refractivity contribution in [3.8, 4) is 0 Å². The van der Waals surface area contributed by atoms with E-state index < -0.39 is 0 Å². The summed E-state index contributed by atoms with van der Waals surface area (Å²) >= 11 is 0. The molecular weight excluding hydrogens is 222 g/mol. The van der Waals surface area contributed by atoms with Crippen molar-refractivity contribution in [2.45, 2.75) is 51.7 Å². The number of anilines is 1. The Bertz CT molecular complexity index is 364. The summed E-state index contributed by atoms with van der Waals surface area (Å²) in [5.74, 6) is 0.915. The molecule has 0 saturated heterocycles. The van der Waals surface area contributed by atoms with E-state index in [-0.39, 0.29) is 0 Å². The molecule has 100 valence electrons. The highest BCUT2D eigenvalue weighted by molar-refractivity contribution is 5.46. The number of ether oxygens (including phenoxy) is 1. The third-order valence-electron chi connectivity index (χ3n) is 3.97. The maximum atomic E-state index is 5.18. The lowest BCUT2D eigenvalue weighted by atomic mass is 9.84. The van der Waals surface area contributed by atoms with Crippen LogP contribution in [0.4, 0.5) is 5.69 Å². The van der Waals surface area contributed by atoms with Crippen molar-refractivity contribution in [1.29, 1.82) is 0 Å². The lowest BCUT2D eigenvalue weighted by molar-refractivity contribution is 0.185. The van der Waals surface area contributed by atoms with Gasteiger partial charge in [-0.15, -0.1) is 0 Å². The summed E-state index contributed by atoms with van der Waals surface area (Å²) < 4.78 is 5.18. The summed E-state index contributed by atoms with van der Waals surface area (Å²) in [6.07, 6.45) is 6.74. The molecule has 0 spiro atoms. The van der Waals surface area contributed by atoms with Crippen LogP contribution in [-0.4, -0.2) is 13.2 Å². The first-order chi connectivity index (χ1) is 8.81. The zero-order valence-electron chi connectivity index (χ0n) is 11.6. The van der Waals surface area contributed by atoms with Crippen molar-refractivity contribution >= 4 is 5.69 Å². The van der Waals surface area contributed by atoms with Crippen LogP contribution < -0.4 is 5.32 Å². The lowest BCUT2D eigenvalue weighted by Crippen LogP contribution is -2.27. The Morgan fingerprint density at radius 3 is 3.00 bits per heavy atom. The lowest BCUT2D eigenvalue weighted by Gasteiger charge is -2.30. The molecule has 0 aromatic heterocycles. The molecule has 1 aromatic rings. The maximum Gasteiger partial charge on any atom is 0.0713 e. The first kappa shape index (κ1) is 13.4. The van der Waals surface area contributed by atoms with Gasteiger partial charge in [-0.05, 0) is 36.5 Å². The number of hydrogen-bond donors (Lipinski definition) is 1. The standard InChI is InChI=1S/C16H25NO/c1-3-13-6-4-8-15(10-13)17-16-9-5-7-14(11-16)12-18-2/h5,7,9,11,13,15,17H,3-4,6,8,10,12H2,1-2H3. The first-order valence-corrected chi connectivity index (χ1v) is 7.16. The maximum absolute atomic E-state index is 5.18. The molecule has 2 heteroatoms. The average molecular weight is 247 g/mol. The Balaban J connectivity index is 1.93. The second kappa shape index (κ2) is 6.79. The van der Waals surface area contributed by atoms with Crippen LogP contribution in [0.15, 0.2) is 24.3 Å². The van der Waals surface area contributed by atoms with Gasteiger partial charge in [0.2, 0.25) is 0 Å². The van der Waals surface area contributed by atoms with Gasteiger partial charge in [0.25, 0.3) is 0 Å². The summed E-state index contributed by atoms with van der Waals surface area (Å²) in [5.41, 5.74) is 2.48. The van der Waals surface area contributed by atoms with Gasteiger partial charge in [-0.25, -0.2) is 0 Å². The van der Waals surface area contributed by atoms with E-state index in [1.165, 1.54) is 43.4 Å². The smallest absolute Gasteiger partial charge is 0.0713 e. The summed E-state index contributed by atoms with van der Waals surface area (Å²) in [7, 11) is 1.74. The van der Waals surface area contributed by atoms with Crippen LogP contribution in [0, 0.1) is 5.92 Å². The number of nitrogens with one attached hydrogen (secondary N) is 1. The van der Waals surface area contributed by atoms with Gasteiger partial charge in [0.05, 0.1) is 6.61 Å². The third-order valence-corrected chi connectivity index (χ3v) is 3.97. The van der Waals surface area contributed by atoms with E-state index in [4.69, 9.17) is 4.74 Å². The van der Waals surface area contributed by atoms with Gasteiger partial charge < -0.3 is 10.1 Å². The average Bonchev–Trinajstić information content (AvgIpc) is 2.40. The van der Waals surface area contributed by atoms with Gasteiger partial charge in [-0.3, -0.25) is 0 Å². The zero-order chi connectivity index (χ0) is 12.8. The molecule has 2 atom stereocenters. The van der Waals surface area contributed by atoms with Crippen LogP contribution in [0.5, 0.6) is 0 Å². The largest absolute Gasteiger partial charge is 0.382 e. The van der Waals surface area contributed by atoms with E-state index in [9.17, 15) is 0 Å². The molecular formula is C16H25NO. The highest BCUT2D eigenvalue weighted by Crippen LogP contribution is 2.28. The van der Waals surface area contributed by atoms with Crippen molar-refractivity contribution in [2.24, 2.45) is 5.92 Å². The van der Waals surface area contributed by atoms with E-state index in [0.29, 0.717) is 12.6 Å². The van der Waals surface area contributed by atoms with Crippen molar-refractivity contribution in [3.05, 3.63) is 29.8 Å². The molecule has 1 aliphatic carbocycles. The molecule has 0 heterocycles. The molecule has 0 radical (unpaired) electrons. The van der Waals surface area contributed by atoms with Crippen LogP contribution in [0.1, 0.15) is 44.6 Å². The Labute approximate surface area is 111 Å². The molecule has 1 aliphatic rings. The van der Waals surface area contributed by atoms with Gasteiger partial charge in [0.1, 0.15) is 0 Å². The number of benzene rings is 1. The zero-order valence-corrected chi connectivity index (χ0v) is 11.6. The quantitative estimate of drug-likeness (QED) is 0.841. The third kappa shape index (κ3) is 3.74. The van der Waals surface area contributed by atoms with Crippen LogP contribution in [0.25, 0.3) is 0 Å². The number of methoxy groups -OCH3 is 1. The Kier molecular flexibility index (Phi) is 5.06. The van der Waals surface area contributed by atoms with E-state index in [1.807, 2.05) is 0 Å². The normalized spacial score (nSPS) is 23.9. The van der Waals surface area contributed by atoms with Gasteiger partial charge >= 0.3 is 0 Å². The van der Waals surface area contributed by atoms with Gasteiger partial charge in [-0.2, -0.15) is 0 Å². The molecule has 1 saturated carbocycles. The molecule has 2 nitrogen and oxygen atoms in total. The van der Waals surface area contributed by atoms with Crippen LogP contribution >= 0.6 is 0 Å². The second-order valence-electron chi connectivity index (χ2n) is 5.42. The van der Waals surface area contributed by atoms with Crippen molar-refractivity contribution < 1.29 is 4.74 Å².